The second-order valence-corrected chi connectivity index (χ2v) is 6.01. The summed E-state index contributed by atoms with van der Waals surface area (Å²) in [7, 11) is -3.54. The zero-order valence-electron chi connectivity index (χ0n) is 7.81. The van der Waals surface area contributed by atoms with E-state index in [1.807, 2.05) is 0 Å². The molecule has 1 N–H and O–H groups in total. The zero-order valence-corrected chi connectivity index (χ0v) is 8.63. The summed E-state index contributed by atoms with van der Waals surface area (Å²) in [6, 6.07) is -0.662. The highest BCUT2D eigenvalue weighted by molar-refractivity contribution is 7.94. The Morgan fingerprint density at radius 1 is 1.54 bits per heavy atom. The Kier molecular flexibility index (Phi) is 2.16. The van der Waals surface area contributed by atoms with Crippen LogP contribution in [0.3, 0.4) is 0 Å². The molecule has 0 spiro atoms. The van der Waals surface area contributed by atoms with Gasteiger partial charge in [-0.05, 0) is 20.8 Å². The molecule has 5 nitrogen and oxygen atoms in total. The van der Waals surface area contributed by atoms with Gasteiger partial charge in [-0.2, -0.15) is 0 Å². The van der Waals surface area contributed by atoms with Crippen molar-refractivity contribution in [2.75, 3.05) is 6.61 Å². The predicted octanol–water partition coefficient (Wildman–Crippen LogP) is -0.682. The first-order valence-electron chi connectivity index (χ1n) is 3.96. The van der Waals surface area contributed by atoms with Crippen LogP contribution in [0.15, 0.2) is 0 Å². The van der Waals surface area contributed by atoms with Crippen LogP contribution < -0.4 is 0 Å². The van der Waals surface area contributed by atoms with Crippen molar-refractivity contribution in [3.63, 3.8) is 0 Å². The highest BCUT2D eigenvalue weighted by Crippen LogP contribution is 2.36. The first-order chi connectivity index (χ1) is 5.76. The van der Waals surface area contributed by atoms with E-state index in [1.165, 1.54) is 20.8 Å². The number of amides is 1. The predicted molar refractivity (Wildman–Crippen MR) is 46.4 cm³/mol. The van der Waals surface area contributed by atoms with Gasteiger partial charge < -0.3 is 5.11 Å². The lowest BCUT2D eigenvalue weighted by Gasteiger charge is -2.45. The van der Waals surface area contributed by atoms with Crippen molar-refractivity contribution < 1.29 is 18.3 Å². The van der Waals surface area contributed by atoms with Gasteiger partial charge in [0.2, 0.25) is 0 Å². The van der Waals surface area contributed by atoms with Gasteiger partial charge in [-0.3, -0.25) is 4.79 Å². The van der Waals surface area contributed by atoms with E-state index in [-0.39, 0.29) is 6.61 Å². The molecule has 0 aromatic carbocycles. The van der Waals surface area contributed by atoms with Gasteiger partial charge in [0.15, 0.2) is 4.75 Å². The van der Waals surface area contributed by atoms with Crippen molar-refractivity contribution in [1.82, 2.24) is 4.31 Å². The van der Waals surface area contributed by atoms with E-state index in [9.17, 15) is 13.2 Å². The SMILES string of the molecule is CC(CO)N1C(=O)C(C)(C)S1(=O)=O. The van der Waals surface area contributed by atoms with Crippen molar-refractivity contribution >= 4 is 15.9 Å². The van der Waals surface area contributed by atoms with Crippen molar-refractivity contribution in [3.05, 3.63) is 0 Å². The van der Waals surface area contributed by atoms with Gasteiger partial charge >= 0.3 is 0 Å². The first kappa shape index (κ1) is 10.5. The summed E-state index contributed by atoms with van der Waals surface area (Å²) in [5.41, 5.74) is 0. The number of nitrogens with zero attached hydrogens (tertiary/aromatic N) is 1. The van der Waals surface area contributed by atoms with Gasteiger partial charge in [-0.15, -0.1) is 0 Å². The van der Waals surface area contributed by atoms with Crippen LogP contribution in [0.1, 0.15) is 20.8 Å². The molecular formula is C7H13NO4S. The van der Waals surface area contributed by atoms with Gasteiger partial charge in [0.1, 0.15) is 0 Å². The van der Waals surface area contributed by atoms with Gasteiger partial charge in [0, 0.05) is 0 Å². The number of carbonyl (C=O) groups is 1. The second-order valence-electron chi connectivity index (χ2n) is 3.65. The summed E-state index contributed by atoms with van der Waals surface area (Å²) in [6.45, 7) is 3.88. The minimum absolute atomic E-state index is 0.346. The van der Waals surface area contributed by atoms with E-state index in [0.29, 0.717) is 0 Å². The average molecular weight is 207 g/mol. The lowest BCUT2D eigenvalue weighted by molar-refractivity contribution is -0.134. The number of aliphatic hydroxyl groups excluding tert-OH is 1. The number of rotatable bonds is 2. The fourth-order valence-electron chi connectivity index (χ4n) is 1.20. The second kappa shape index (κ2) is 2.68. The van der Waals surface area contributed by atoms with Crippen LogP contribution in [-0.2, 0) is 14.8 Å². The molecule has 6 heteroatoms. The largest absolute Gasteiger partial charge is 0.394 e. The van der Waals surface area contributed by atoms with Crippen LogP contribution in [0.25, 0.3) is 0 Å². The zero-order chi connectivity index (χ0) is 10.4. The van der Waals surface area contributed by atoms with Crippen LogP contribution in [0.5, 0.6) is 0 Å². The molecule has 0 aliphatic carbocycles. The third-order valence-corrected chi connectivity index (χ3v) is 4.79. The molecule has 1 amide bonds. The summed E-state index contributed by atoms with van der Waals surface area (Å²) in [5, 5.41) is 8.73. The van der Waals surface area contributed by atoms with Gasteiger partial charge in [-0.25, -0.2) is 12.7 Å². The summed E-state index contributed by atoms with van der Waals surface area (Å²) in [6.07, 6.45) is 0. The molecule has 13 heavy (non-hydrogen) atoms. The van der Waals surface area contributed by atoms with Crippen molar-refractivity contribution in [3.8, 4) is 0 Å². The number of hydrogen-bond acceptors (Lipinski definition) is 4. The van der Waals surface area contributed by atoms with Gasteiger partial charge in [0.05, 0.1) is 12.6 Å². The molecule has 1 unspecified atom stereocenters. The molecule has 76 valence electrons. The number of hydrogen-bond donors (Lipinski definition) is 1. The third kappa shape index (κ3) is 1.08. The quantitative estimate of drug-likeness (QED) is 0.651. The maximum atomic E-state index is 11.5. The highest BCUT2D eigenvalue weighted by atomic mass is 32.2. The Hall–Kier alpha value is -0.620. The third-order valence-electron chi connectivity index (χ3n) is 2.28. The fourth-order valence-corrected chi connectivity index (χ4v) is 2.87. The molecule has 1 saturated heterocycles. The van der Waals surface area contributed by atoms with Crippen LogP contribution in [0, 0.1) is 0 Å². The monoisotopic (exact) mass is 207 g/mol. The van der Waals surface area contributed by atoms with E-state index in [0.717, 1.165) is 4.31 Å². The minimum atomic E-state index is -3.54. The fraction of sp³-hybridized carbons (Fsp3) is 0.857. The maximum absolute atomic E-state index is 11.5. The van der Waals surface area contributed by atoms with E-state index < -0.39 is 26.7 Å². The molecule has 0 bridgehead atoms. The molecule has 1 atom stereocenters. The topological polar surface area (TPSA) is 74.7 Å². The summed E-state index contributed by atoms with van der Waals surface area (Å²) in [5.74, 6) is -0.450. The Bertz CT molecular complexity index is 332. The van der Waals surface area contributed by atoms with Gasteiger partial charge in [-0.1, -0.05) is 0 Å². The molecule has 0 saturated carbocycles. The number of aliphatic hydroxyl groups is 1. The molecule has 0 aromatic heterocycles. The van der Waals surface area contributed by atoms with Crippen molar-refractivity contribution in [2.45, 2.75) is 31.6 Å². The highest BCUT2D eigenvalue weighted by Gasteiger charge is 2.61. The molecule has 1 heterocycles. The lowest BCUT2D eigenvalue weighted by atomic mass is 10.1. The Labute approximate surface area is 77.4 Å². The average Bonchev–Trinajstić information content (AvgIpc) is 2.03. The van der Waals surface area contributed by atoms with E-state index in [1.54, 1.807) is 0 Å². The maximum Gasteiger partial charge on any atom is 0.259 e. The van der Waals surface area contributed by atoms with E-state index >= 15 is 0 Å². The smallest absolute Gasteiger partial charge is 0.259 e. The van der Waals surface area contributed by atoms with Crippen LogP contribution in [-0.4, -0.2) is 41.1 Å². The Balaban J connectivity index is 3.03. The Morgan fingerprint density at radius 2 is 2.00 bits per heavy atom. The van der Waals surface area contributed by atoms with Crippen molar-refractivity contribution in [2.24, 2.45) is 0 Å². The summed E-state index contributed by atoms with van der Waals surface area (Å²) >= 11 is 0. The number of sulfonamides is 1. The Morgan fingerprint density at radius 3 is 2.31 bits per heavy atom. The van der Waals surface area contributed by atoms with Crippen molar-refractivity contribution in [1.29, 1.82) is 0 Å². The van der Waals surface area contributed by atoms with Crippen LogP contribution in [0.4, 0.5) is 0 Å². The van der Waals surface area contributed by atoms with Crippen LogP contribution in [0.2, 0.25) is 0 Å². The molecular weight excluding hydrogens is 194 g/mol. The molecule has 1 aliphatic heterocycles. The first-order valence-corrected chi connectivity index (χ1v) is 5.40. The normalized spacial score (nSPS) is 26.8. The van der Waals surface area contributed by atoms with Gasteiger partial charge in [0.25, 0.3) is 15.9 Å². The van der Waals surface area contributed by atoms with E-state index in [4.69, 9.17) is 5.11 Å². The van der Waals surface area contributed by atoms with E-state index in [2.05, 4.69) is 0 Å². The van der Waals surface area contributed by atoms with Crippen LogP contribution >= 0.6 is 0 Å². The molecule has 0 radical (unpaired) electrons. The summed E-state index contributed by atoms with van der Waals surface area (Å²) in [4.78, 5) is 11.3. The molecule has 1 aliphatic rings. The molecule has 0 aromatic rings. The number of carbonyl (C=O) groups excluding carboxylic acids is 1. The lowest BCUT2D eigenvalue weighted by Crippen LogP contribution is -2.69. The minimum Gasteiger partial charge on any atom is -0.394 e. The standard InChI is InChI=1S/C7H13NO4S/c1-5(4-9)8-6(10)7(2,3)13(8,11)12/h5,9H,4H2,1-3H3. The molecule has 1 fully saturated rings. The molecule has 1 rings (SSSR count). The summed E-state index contributed by atoms with van der Waals surface area (Å²) < 4.78 is 22.4.